The second-order valence-corrected chi connectivity index (χ2v) is 10.8. The fourth-order valence-electron chi connectivity index (χ4n) is 3.12. The molecule has 6 nitrogen and oxygen atoms in total. The molecule has 3 aromatic carbocycles. The fourth-order valence-corrected chi connectivity index (χ4v) is 5.38. The minimum Gasteiger partial charge on any atom is -0.493 e. The van der Waals surface area contributed by atoms with Gasteiger partial charge >= 0.3 is 0 Å². The highest BCUT2D eigenvalue weighted by atomic mass is 35.5. The van der Waals surface area contributed by atoms with Gasteiger partial charge in [-0.25, -0.2) is 10.4 Å². The number of nitrogens with one attached hydrogen (secondary N) is 1. The quantitative estimate of drug-likeness (QED) is 0.117. The number of aromatic nitrogens is 1. The van der Waals surface area contributed by atoms with Crippen LogP contribution in [0.2, 0.25) is 15.1 Å². The highest BCUT2D eigenvalue weighted by molar-refractivity contribution is 8.01. The molecule has 0 aliphatic carbocycles. The molecule has 0 saturated carbocycles. The monoisotopic (exact) mass is 591 g/mol. The van der Waals surface area contributed by atoms with Crippen LogP contribution in [0, 0.1) is 0 Å². The first kappa shape index (κ1) is 27.3. The average Bonchev–Trinajstić information content (AvgIpc) is 3.37. The van der Waals surface area contributed by atoms with Gasteiger partial charge < -0.3 is 9.47 Å². The van der Waals surface area contributed by atoms with Gasteiger partial charge in [0, 0.05) is 31.6 Å². The van der Waals surface area contributed by atoms with Gasteiger partial charge in [0.25, 0.3) is 5.91 Å². The van der Waals surface area contributed by atoms with E-state index in [2.05, 4.69) is 15.5 Å². The van der Waals surface area contributed by atoms with E-state index in [1.165, 1.54) is 29.3 Å². The number of hydrazone groups is 1. The van der Waals surface area contributed by atoms with Crippen molar-refractivity contribution >= 4 is 70.0 Å². The van der Waals surface area contributed by atoms with Gasteiger partial charge in [-0.3, -0.25) is 4.79 Å². The number of nitrogens with zero attached hydrogens (tertiary/aromatic N) is 2. The maximum absolute atomic E-state index is 12.2. The Morgan fingerprint density at radius 3 is 2.57 bits per heavy atom. The standard InChI is InChI=1S/C26H20Cl3N3O3S2/c1-34-24-11-16(5-10-23(24)35-13-19-20(28)3-2-4-21(19)29)12-30-32-25(33)15-37-26-31-22(14-36-26)17-6-8-18(27)9-7-17/h2-12,14H,13,15H2,1H3,(H,32,33)/b30-12+. The summed E-state index contributed by atoms with van der Waals surface area (Å²) in [5.41, 5.74) is 5.76. The molecule has 37 heavy (non-hydrogen) atoms. The summed E-state index contributed by atoms with van der Waals surface area (Å²) in [5.74, 6) is 0.978. The number of hydrogen-bond acceptors (Lipinski definition) is 7. The SMILES string of the molecule is COc1cc(/C=N/NC(=O)CSc2nc(-c3ccc(Cl)cc3)cs2)ccc1OCc1c(Cl)cccc1Cl. The first-order valence-corrected chi connectivity index (χ1v) is 13.8. The summed E-state index contributed by atoms with van der Waals surface area (Å²) in [6, 6.07) is 18.1. The Bertz CT molecular complexity index is 1390. The van der Waals surface area contributed by atoms with Gasteiger partial charge in [0.15, 0.2) is 15.8 Å². The molecular weight excluding hydrogens is 573 g/mol. The van der Waals surface area contributed by atoms with Gasteiger partial charge in [0.05, 0.1) is 24.8 Å². The van der Waals surface area contributed by atoms with Gasteiger partial charge in [0.1, 0.15) is 6.61 Å². The Morgan fingerprint density at radius 2 is 1.84 bits per heavy atom. The molecule has 1 N–H and O–H groups in total. The number of methoxy groups -OCH3 is 1. The zero-order valence-electron chi connectivity index (χ0n) is 19.4. The van der Waals surface area contributed by atoms with E-state index in [0.29, 0.717) is 32.1 Å². The van der Waals surface area contributed by atoms with Crippen molar-refractivity contribution in [1.29, 1.82) is 0 Å². The van der Waals surface area contributed by atoms with Crippen molar-refractivity contribution in [2.45, 2.75) is 10.9 Å². The average molecular weight is 593 g/mol. The third-order valence-corrected chi connectivity index (χ3v) is 7.96. The van der Waals surface area contributed by atoms with Crippen molar-refractivity contribution in [3.63, 3.8) is 0 Å². The lowest BCUT2D eigenvalue weighted by Gasteiger charge is -2.13. The third-order valence-electron chi connectivity index (χ3n) is 4.97. The summed E-state index contributed by atoms with van der Waals surface area (Å²) in [7, 11) is 1.54. The molecule has 0 radical (unpaired) electrons. The Hall–Kier alpha value is -2.75. The Morgan fingerprint density at radius 1 is 1.08 bits per heavy atom. The number of halogens is 3. The van der Waals surface area contributed by atoms with Gasteiger partial charge in [-0.1, -0.05) is 64.8 Å². The molecule has 1 amide bonds. The highest BCUT2D eigenvalue weighted by Gasteiger charge is 2.11. The van der Waals surface area contributed by atoms with Gasteiger partial charge in [0.2, 0.25) is 0 Å². The van der Waals surface area contributed by atoms with Crippen molar-refractivity contribution in [1.82, 2.24) is 10.4 Å². The van der Waals surface area contributed by atoms with Crippen LogP contribution in [-0.2, 0) is 11.4 Å². The lowest BCUT2D eigenvalue weighted by atomic mass is 10.2. The lowest BCUT2D eigenvalue weighted by Crippen LogP contribution is -2.19. The summed E-state index contributed by atoms with van der Waals surface area (Å²) in [5, 5.41) is 7.72. The number of ether oxygens (including phenoxy) is 2. The van der Waals surface area contributed by atoms with E-state index in [1.807, 2.05) is 29.6 Å². The fraction of sp³-hybridized carbons (Fsp3) is 0.115. The highest BCUT2D eigenvalue weighted by Crippen LogP contribution is 2.31. The summed E-state index contributed by atoms with van der Waals surface area (Å²) in [6.45, 7) is 0.191. The third kappa shape index (κ3) is 7.63. The van der Waals surface area contributed by atoms with Crippen molar-refractivity contribution in [2.75, 3.05) is 12.9 Å². The molecule has 0 fully saturated rings. The van der Waals surface area contributed by atoms with Crippen LogP contribution < -0.4 is 14.9 Å². The number of thiazole rings is 1. The molecule has 190 valence electrons. The van der Waals surface area contributed by atoms with Crippen LogP contribution in [0.15, 0.2) is 75.5 Å². The van der Waals surface area contributed by atoms with E-state index in [-0.39, 0.29) is 18.3 Å². The Kier molecular flexibility index (Phi) is 9.71. The number of benzene rings is 3. The number of carbonyl (C=O) groups excluding carboxylic acids is 1. The summed E-state index contributed by atoms with van der Waals surface area (Å²) < 4.78 is 12.1. The molecule has 0 aliphatic heterocycles. The zero-order chi connectivity index (χ0) is 26.2. The van der Waals surface area contributed by atoms with E-state index >= 15 is 0 Å². The molecule has 0 atom stereocenters. The molecule has 0 saturated heterocycles. The predicted molar refractivity (Wildman–Crippen MR) is 153 cm³/mol. The molecule has 0 aliphatic rings. The molecular formula is C26H20Cl3N3O3S2. The lowest BCUT2D eigenvalue weighted by molar-refractivity contribution is -0.118. The van der Waals surface area contributed by atoms with E-state index in [1.54, 1.807) is 43.5 Å². The molecule has 1 aromatic heterocycles. The van der Waals surface area contributed by atoms with Crippen LogP contribution in [0.3, 0.4) is 0 Å². The molecule has 11 heteroatoms. The van der Waals surface area contributed by atoms with Crippen LogP contribution in [0.1, 0.15) is 11.1 Å². The van der Waals surface area contributed by atoms with Crippen LogP contribution in [-0.4, -0.2) is 30.0 Å². The van der Waals surface area contributed by atoms with Crippen LogP contribution in [0.25, 0.3) is 11.3 Å². The molecule has 0 spiro atoms. The summed E-state index contributed by atoms with van der Waals surface area (Å²) in [6.07, 6.45) is 1.53. The smallest absolute Gasteiger partial charge is 0.250 e. The number of amides is 1. The second-order valence-electron chi connectivity index (χ2n) is 7.49. The van der Waals surface area contributed by atoms with E-state index < -0.39 is 0 Å². The minimum atomic E-state index is -0.243. The van der Waals surface area contributed by atoms with Crippen molar-refractivity contribution in [3.05, 3.63) is 92.2 Å². The largest absolute Gasteiger partial charge is 0.493 e. The van der Waals surface area contributed by atoms with Crippen molar-refractivity contribution in [3.8, 4) is 22.8 Å². The predicted octanol–water partition coefficient (Wildman–Crippen LogP) is 7.60. The van der Waals surface area contributed by atoms with Crippen molar-refractivity contribution in [2.24, 2.45) is 5.10 Å². The van der Waals surface area contributed by atoms with E-state index in [0.717, 1.165) is 21.2 Å². The molecule has 0 unspecified atom stereocenters. The number of carbonyl (C=O) groups is 1. The number of hydrogen-bond donors (Lipinski definition) is 1. The first-order valence-electron chi connectivity index (χ1n) is 10.8. The molecule has 0 bridgehead atoms. The number of thioether (sulfide) groups is 1. The first-order chi connectivity index (χ1) is 17.9. The zero-order valence-corrected chi connectivity index (χ0v) is 23.3. The summed E-state index contributed by atoms with van der Waals surface area (Å²) >= 11 is 21.2. The minimum absolute atomic E-state index is 0.186. The Labute approximate surface area is 237 Å². The van der Waals surface area contributed by atoms with Crippen LogP contribution >= 0.6 is 57.9 Å². The maximum atomic E-state index is 12.2. The van der Waals surface area contributed by atoms with Gasteiger partial charge in [-0.15, -0.1) is 11.3 Å². The van der Waals surface area contributed by atoms with Crippen LogP contribution in [0.4, 0.5) is 0 Å². The topological polar surface area (TPSA) is 72.8 Å². The van der Waals surface area contributed by atoms with Crippen LogP contribution in [0.5, 0.6) is 11.5 Å². The van der Waals surface area contributed by atoms with E-state index in [4.69, 9.17) is 44.3 Å². The Balaban J connectivity index is 1.28. The number of rotatable bonds is 10. The van der Waals surface area contributed by atoms with Gasteiger partial charge in [-0.2, -0.15) is 5.10 Å². The molecule has 4 aromatic rings. The molecule has 1 heterocycles. The van der Waals surface area contributed by atoms with Crippen molar-refractivity contribution < 1.29 is 14.3 Å². The van der Waals surface area contributed by atoms with E-state index in [9.17, 15) is 4.79 Å². The molecule has 4 rings (SSSR count). The maximum Gasteiger partial charge on any atom is 0.250 e. The van der Waals surface area contributed by atoms with Gasteiger partial charge in [-0.05, 0) is 48.0 Å². The summed E-state index contributed by atoms with van der Waals surface area (Å²) in [4.78, 5) is 16.8. The second kappa shape index (κ2) is 13.2. The normalized spacial score (nSPS) is 11.0.